The van der Waals surface area contributed by atoms with Gasteiger partial charge in [-0.2, -0.15) is 5.10 Å². The molecule has 0 aliphatic rings. The molecule has 0 aliphatic carbocycles. The van der Waals surface area contributed by atoms with Crippen LogP contribution in [0.4, 0.5) is 11.4 Å². The standard InChI is InChI=1S/C22H21N3O3/c1-27-21-14-17(15-23-25-19-10-6-3-7-11-19)12-13-20(21)28-16-22(26)24-18-8-4-2-5-9-18/h2-15,25H,16H2,1H3,(H,24,26)/b23-15+. The molecule has 0 radical (unpaired) electrons. The topological polar surface area (TPSA) is 71.9 Å². The van der Waals surface area contributed by atoms with Crippen LogP contribution < -0.4 is 20.2 Å². The number of carbonyl (C=O) groups excluding carboxylic acids is 1. The van der Waals surface area contributed by atoms with E-state index in [4.69, 9.17) is 9.47 Å². The molecule has 0 spiro atoms. The Hall–Kier alpha value is -3.80. The van der Waals surface area contributed by atoms with Crippen molar-refractivity contribution in [1.29, 1.82) is 0 Å². The molecular weight excluding hydrogens is 354 g/mol. The number of hydrazone groups is 1. The number of amides is 1. The van der Waals surface area contributed by atoms with Gasteiger partial charge in [0.05, 0.1) is 19.0 Å². The molecule has 0 aromatic heterocycles. The van der Waals surface area contributed by atoms with E-state index in [1.54, 1.807) is 25.5 Å². The number of nitrogens with zero attached hydrogens (tertiary/aromatic N) is 1. The summed E-state index contributed by atoms with van der Waals surface area (Å²) in [5.41, 5.74) is 5.41. The Balaban J connectivity index is 1.57. The fraction of sp³-hybridized carbons (Fsp3) is 0.0909. The largest absolute Gasteiger partial charge is 0.493 e. The van der Waals surface area contributed by atoms with E-state index in [1.165, 1.54) is 0 Å². The van der Waals surface area contributed by atoms with E-state index in [1.807, 2.05) is 66.7 Å². The second kappa shape index (κ2) is 9.78. The monoisotopic (exact) mass is 375 g/mol. The van der Waals surface area contributed by atoms with Crippen LogP contribution in [0.25, 0.3) is 0 Å². The van der Waals surface area contributed by atoms with Crippen LogP contribution >= 0.6 is 0 Å². The van der Waals surface area contributed by atoms with Gasteiger partial charge in [0.15, 0.2) is 18.1 Å². The van der Waals surface area contributed by atoms with Gasteiger partial charge in [-0.15, -0.1) is 0 Å². The first-order valence-corrected chi connectivity index (χ1v) is 8.74. The number of para-hydroxylation sites is 2. The van der Waals surface area contributed by atoms with Gasteiger partial charge < -0.3 is 14.8 Å². The second-order valence-corrected chi connectivity index (χ2v) is 5.85. The summed E-state index contributed by atoms with van der Waals surface area (Å²) < 4.78 is 11.0. The van der Waals surface area contributed by atoms with Gasteiger partial charge in [-0.1, -0.05) is 36.4 Å². The van der Waals surface area contributed by atoms with Crippen molar-refractivity contribution in [2.45, 2.75) is 0 Å². The number of benzene rings is 3. The van der Waals surface area contributed by atoms with Crippen molar-refractivity contribution in [3.05, 3.63) is 84.4 Å². The Kier molecular flexibility index (Phi) is 6.62. The van der Waals surface area contributed by atoms with Crippen LogP contribution in [0.5, 0.6) is 11.5 Å². The summed E-state index contributed by atoms with van der Waals surface area (Å²) in [5, 5.41) is 6.97. The van der Waals surface area contributed by atoms with Crippen LogP contribution in [-0.2, 0) is 4.79 Å². The van der Waals surface area contributed by atoms with Crippen molar-refractivity contribution in [1.82, 2.24) is 0 Å². The van der Waals surface area contributed by atoms with Crippen LogP contribution in [0.2, 0.25) is 0 Å². The maximum atomic E-state index is 12.0. The SMILES string of the molecule is COc1cc(/C=N/Nc2ccccc2)ccc1OCC(=O)Nc1ccccc1. The fourth-order valence-corrected chi connectivity index (χ4v) is 2.44. The fourth-order valence-electron chi connectivity index (χ4n) is 2.44. The summed E-state index contributed by atoms with van der Waals surface area (Å²) in [7, 11) is 1.55. The second-order valence-electron chi connectivity index (χ2n) is 5.85. The molecule has 0 fully saturated rings. The number of hydrogen-bond acceptors (Lipinski definition) is 5. The van der Waals surface area contributed by atoms with Crippen molar-refractivity contribution in [2.75, 3.05) is 24.5 Å². The molecule has 0 atom stereocenters. The Morgan fingerprint density at radius 1 is 0.929 bits per heavy atom. The first-order chi connectivity index (χ1) is 13.7. The third kappa shape index (κ3) is 5.60. The molecule has 142 valence electrons. The van der Waals surface area contributed by atoms with Gasteiger partial charge in [0.1, 0.15) is 0 Å². The minimum atomic E-state index is -0.244. The number of hydrogen-bond donors (Lipinski definition) is 2. The molecule has 0 bridgehead atoms. The molecule has 2 N–H and O–H groups in total. The van der Waals surface area contributed by atoms with E-state index in [-0.39, 0.29) is 12.5 Å². The third-order valence-electron chi connectivity index (χ3n) is 3.79. The van der Waals surface area contributed by atoms with E-state index >= 15 is 0 Å². The van der Waals surface area contributed by atoms with Crippen molar-refractivity contribution >= 4 is 23.5 Å². The number of rotatable bonds is 8. The maximum absolute atomic E-state index is 12.0. The Bertz CT molecular complexity index is 928. The van der Waals surface area contributed by atoms with Crippen LogP contribution in [0, 0.1) is 0 Å². The van der Waals surface area contributed by atoms with E-state index in [2.05, 4.69) is 15.8 Å². The predicted molar refractivity (Wildman–Crippen MR) is 111 cm³/mol. The number of carbonyl (C=O) groups is 1. The molecule has 3 aromatic rings. The van der Waals surface area contributed by atoms with Gasteiger partial charge in [-0.25, -0.2) is 0 Å². The lowest BCUT2D eigenvalue weighted by Gasteiger charge is -2.11. The molecule has 6 heteroatoms. The lowest BCUT2D eigenvalue weighted by Crippen LogP contribution is -2.20. The van der Waals surface area contributed by atoms with Crippen LogP contribution in [0.1, 0.15) is 5.56 Å². The molecule has 6 nitrogen and oxygen atoms in total. The first-order valence-electron chi connectivity index (χ1n) is 8.74. The zero-order valence-electron chi connectivity index (χ0n) is 15.5. The highest BCUT2D eigenvalue weighted by Gasteiger charge is 2.08. The average Bonchev–Trinajstić information content (AvgIpc) is 2.74. The zero-order valence-corrected chi connectivity index (χ0v) is 15.5. The van der Waals surface area contributed by atoms with E-state index in [9.17, 15) is 4.79 Å². The maximum Gasteiger partial charge on any atom is 0.262 e. The lowest BCUT2D eigenvalue weighted by atomic mass is 10.2. The smallest absolute Gasteiger partial charge is 0.262 e. The summed E-state index contributed by atoms with van der Waals surface area (Å²) in [6.45, 7) is -0.117. The third-order valence-corrected chi connectivity index (χ3v) is 3.79. The minimum Gasteiger partial charge on any atom is -0.493 e. The molecule has 0 saturated heterocycles. The van der Waals surface area contributed by atoms with Gasteiger partial charge in [-0.3, -0.25) is 10.2 Å². The highest BCUT2D eigenvalue weighted by atomic mass is 16.5. The van der Waals surface area contributed by atoms with E-state index < -0.39 is 0 Å². The van der Waals surface area contributed by atoms with Gasteiger partial charge in [-0.05, 0) is 48.0 Å². The van der Waals surface area contributed by atoms with Crippen LogP contribution in [-0.4, -0.2) is 25.8 Å². The van der Waals surface area contributed by atoms with E-state index in [0.717, 1.165) is 16.9 Å². The molecule has 3 aromatic carbocycles. The summed E-state index contributed by atoms with van der Waals surface area (Å²) in [6, 6.07) is 24.3. The molecule has 0 heterocycles. The zero-order chi connectivity index (χ0) is 19.6. The van der Waals surface area contributed by atoms with Crippen molar-refractivity contribution in [3.8, 4) is 11.5 Å². The van der Waals surface area contributed by atoms with Gasteiger partial charge in [0.2, 0.25) is 0 Å². The highest BCUT2D eigenvalue weighted by molar-refractivity contribution is 5.91. The molecule has 1 amide bonds. The summed E-state index contributed by atoms with van der Waals surface area (Å²) in [6.07, 6.45) is 1.68. The molecule has 0 aliphatic heterocycles. The van der Waals surface area contributed by atoms with Gasteiger partial charge in [0, 0.05) is 5.69 Å². The van der Waals surface area contributed by atoms with Gasteiger partial charge >= 0.3 is 0 Å². The van der Waals surface area contributed by atoms with Gasteiger partial charge in [0.25, 0.3) is 5.91 Å². The Labute approximate surface area is 163 Å². The molecule has 3 rings (SSSR count). The normalized spacial score (nSPS) is 10.5. The summed E-state index contributed by atoms with van der Waals surface area (Å²) in [5.74, 6) is 0.765. The minimum absolute atomic E-state index is 0.117. The summed E-state index contributed by atoms with van der Waals surface area (Å²) in [4.78, 5) is 12.0. The van der Waals surface area contributed by atoms with Crippen molar-refractivity contribution in [3.63, 3.8) is 0 Å². The first kappa shape index (κ1) is 19.0. The Morgan fingerprint density at radius 2 is 1.61 bits per heavy atom. The number of nitrogens with one attached hydrogen (secondary N) is 2. The number of ether oxygens (including phenoxy) is 2. The number of anilines is 2. The van der Waals surface area contributed by atoms with Crippen LogP contribution in [0.3, 0.4) is 0 Å². The quantitative estimate of drug-likeness (QED) is 0.458. The summed E-state index contributed by atoms with van der Waals surface area (Å²) >= 11 is 0. The predicted octanol–water partition coefficient (Wildman–Crippen LogP) is 4.16. The molecular formula is C22H21N3O3. The molecule has 0 unspecified atom stereocenters. The lowest BCUT2D eigenvalue weighted by molar-refractivity contribution is -0.118. The van der Waals surface area contributed by atoms with Crippen molar-refractivity contribution in [2.24, 2.45) is 5.10 Å². The van der Waals surface area contributed by atoms with Crippen molar-refractivity contribution < 1.29 is 14.3 Å². The molecule has 0 saturated carbocycles. The van der Waals surface area contributed by atoms with E-state index in [0.29, 0.717) is 11.5 Å². The Morgan fingerprint density at radius 3 is 2.29 bits per heavy atom. The van der Waals surface area contributed by atoms with Crippen LogP contribution in [0.15, 0.2) is 84.0 Å². The average molecular weight is 375 g/mol. The highest BCUT2D eigenvalue weighted by Crippen LogP contribution is 2.27. The number of methoxy groups -OCH3 is 1. The molecule has 28 heavy (non-hydrogen) atoms.